The Morgan fingerprint density at radius 1 is 1.29 bits per heavy atom. The molecular formula is C17H18FNOS. The molecule has 0 saturated heterocycles. The van der Waals surface area contributed by atoms with E-state index in [1.807, 2.05) is 18.2 Å². The molecule has 0 saturated carbocycles. The number of nitrogens with one attached hydrogen (secondary N) is 1. The third kappa shape index (κ3) is 3.34. The average molecular weight is 303 g/mol. The fourth-order valence-corrected chi connectivity index (χ4v) is 3.58. The van der Waals surface area contributed by atoms with Gasteiger partial charge in [-0.15, -0.1) is 11.3 Å². The van der Waals surface area contributed by atoms with E-state index in [9.17, 15) is 4.39 Å². The first kappa shape index (κ1) is 14.3. The maximum Gasteiger partial charge on any atom is 0.124 e. The number of hydrogen-bond acceptors (Lipinski definition) is 3. The third-order valence-corrected chi connectivity index (χ3v) is 4.68. The van der Waals surface area contributed by atoms with Crippen LogP contribution in [0.25, 0.3) is 10.1 Å². The van der Waals surface area contributed by atoms with Crippen LogP contribution in [0.3, 0.4) is 0 Å². The standard InChI is InChI=1S/C17H18FNOS/c1-2-7-19-15(11-14-4-3-8-20-14)17-9-12-5-6-13(18)10-16(12)21-17/h3-6,8-10,15,19H,2,7,11H2,1H3. The van der Waals surface area contributed by atoms with Crippen LogP contribution in [-0.4, -0.2) is 6.54 Å². The summed E-state index contributed by atoms with van der Waals surface area (Å²) in [5, 5.41) is 4.65. The van der Waals surface area contributed by atoms with Crippen LogP contribution in [0, 0.1) is 5.82 Å². The van der Waals surface area contributed by atoms with Gasteiger partial charge in [0, 0.05) is 22.0 Å². The van der Waals surface area contributed by atoms with Crippen LogP contribution in [-0.2, 0) is 6.42 Å². The second-order valence-electron chi connectivity index (χ2n) is 5.12. The van der Waals surface area contributed by atoms with E-state index in [1.54, 1.807) is 23.7 Å². The van der Waals surface area contributed by atoms with E-state index in [4.69, 9.17) is 4.42 Å². The highest BCUT2D eigenvalue weighted by Gasteiger charge is 2.16. The van der Waals surface area contributed by atoms with E-state index >= 15 is 0 Å². The third-order valence-electron chi connectivity index (χ3n) is 3.47. The molecule has 1 N–H and O–H groups in total. The molecule has 0 fully saturated rings. The van der Waals surface area contributed by atoms with Crippen molar-refractivity contribution in [2.45, 2.75) is 25.8 Å². The molecule has 1 unspecified atom stereocenters. The Labute approximate surface area is 127 Å². The topological polar surface area (TPSA) is 25.2 Å². The van der Waals surface area contributed by atoms with E-state index in [0.29, 0.717) is 0 Å². The van der Waals surface area contributed by atoms with Crippen LogP contribution in [0.15, 0.2) is 47.1 Å². The van der Waals surface area contributed by atoms with E-state index in [1.165, 1.54) is 10.9 Å². The molecule has 0 spiro atoms. The monoisotopic (exact) mass is 303 g/mol. The van der Waals surface area contributed by atoms with Gasteiger partial charge in [0.05, 0.1) is 6.26 Å². The van der Waals surface area contributed by atoms with E-state index in [2.05, 4.69) is 18.3 Å². The molecule has 21 heavy (non-hydrogen) atoms. The quantitative estimate of drug-likeness (QED) is 0.699. The Kier molecular flexibility index (Phi) is 4.36. The van der Waals surface area contributed by atoms with Crippen molar-refractivity contribution >= 4 is 21.4 Å². The van der Waals surface area contributed by atoms with Crippen molar-refractivity contribution < 1.29 is 8.81 Å². The zero-order valence-electron chi connectivity index (χ0n) is 11.9. The number of furan rings is 1. The number of hydrogen-bond donors (Lipinski definition) is 1. The summed E-state index contributed by atoms with van der Waals surface area (Å²) >= 11 is 1.65. The van der Waals surface area contributed by atoms with Gasteiger partial charge in [-0.05, 0) is 48.7 Å². The molecular weight excluding hydrogens is 285 g/mol. The summed E-state index contributed by atoms with van der Waals surface area (Å²) in [4.78, 5) is 1.22. The largest absolute Gasteiger partial charge is 0.469 e. The molecule has 1 atom stereocenters. The lowest BCUT2D eigenvalue weighted by atomic mass is 10.1. The number of rotatable bonds is 6. The molecule has 3 aromatic rings. The molecule has 110 valence electrons. The van der Waals surface area contributed by atoms with Crippen LogP contribution >= 0.6 is 11.3 Å². The van der Waals surface area contributed by atoms with E-state index in [0.717, 1.165) is 35.2 Å². The van der Waals surface area contributed by atoms with Gasteiger partial charge in [-0.3, -0.25) is 0 Å². The molecule has 0 bridgehead atoms. The molecule has 4 heteroatoms. The van der Waals surface area contributed by atoms with Crippen molar-refractivity contribution in [2.24, 2.45) is 0 Å². The van der Waals surface area contributed by atoms with Crippen LogP contribution in [0.4, 0.5) is 4.39 Å². The van der Waals surface area contributed by atoms with Gasteiger partial charge >= 0.3 is 0 Å². The maximum atomic E-state index is 13.3. The summed E-state index contributed by atoms with van der Waals surface area (Å²) in [6.07, 6.45) is 3.59. The molecule has 2 heterocycles. The minimum absolute atomic E-state index is 0.181. The summed E-state index contributed by atoms with van der Waals surface area (Å²) in [5.41, 5.74) is 0. The van der Waals surface area contributed by atoms with Crippen molar-refractivity contribution in [1.82, 2.24) is 5.32 Å². The Morgan fingerprint density at radius 2 is 2.19 bits per heavy atom. The Bertz CT molecular complexity index is 705. The molecule has 0 radical (unpaired) electrons. The molecule has 2 nitrogen and oxygen atoms in total. The van der Waals surface area contributed by atoms with Crippen molar-refractivity contribution in [3.05, 3.63) is 59.1 Å². The molecule has 2 aromatic heterocycles. The highest BCUT2D eigenvalue weighted by molar-refractivity contribution is 7.19. The highest BCUT2D eigenvalue weighted by Crippen LogP contribution is 2.32. The van der Waals surface area contributed by atoms with Gasteiger partial charge in [0.15, 0.2) is 0 Å². The Balaban J connectivity index is 1.89. The van der Waals surface area contributed by atoms with Crippen LogP contribution < -0.4 is 5.32 Å². The Morgan fingerprint density at radius 3 is 2.95 bits per heavy atom. The van der Waals surface area contributed by atoms with Crippen LogP contribution in [0.5, 0.6) is 0 Å². The fourth-order valence-electron chi connectivity index (χ4n) is 2.42. The van der Waals surface area contributed by atoms with Crippen LogP contribution in [0.1, 0.15) is 30.0 Å². The smallest absolute Gasteiger partial charge is 0.124 e. The first-order valence-electron chi connectivity index (χ1n) is 7.21. The number of halogens is 1. The van der Waals surface area contributed by atoms with E-state index < -0.39 is 0 Å². The first-order chi connectivity index (χ1) is 10.3. The van der Waals surface area contributed by atoms with Gasteiger partial charge < -0.3 is 9.73 Å². The minimum atomic E-state index is -0.181. The van der Waals surface area contributed by atoms with Crippen molar-refractivity contribution in [3.8, 4) is 0 Å². The summed E-state index contributed by atoms with van der Waals surface area (Å²) in [7, 11) is 0. The van der Waals surface area contributed by atoms with Crippen molar-refractivity contribution in [1.29, 1.82) is 0 Å². The summed E-state index contributed by atoms with van der Waals surface area (Å²) in [6, 6.07) is 11.2. The van der Waals surface area contributed by atoms with E-state index in [-0.39, 0.29) is 11.9 Å². The van der Waals surface area contributed by atoms with Gasteiger partial charge in [0.25, 0.3) is 0 Å². The SMILES string of the molecule is CCCNC(Cc1ccco1)c1cc2ccc(F)cc2s1. The lowest BCUT2D eigenvalue weighted by Crippen LogP contribution is -2.23. The summed E-state index contributed by atoms with van der Waals surface area (Å²) in [5.74, 6) is 0.784. The predicted molar refractivity (Wildman–Crippen MR) is 85.2 cm³/mol. The van der Waals surface area contributed by atoms with Gasteiger partial charge in [-0.1, -0.05) is 13.0 Å². The number of benzene rings is 1. The lowest BCUT2D eigenvalue weighted by molar-refractivity contribution is 0.452. The molecule has 0 aliphatic rings. The summed E-state index contributed by atoms with van der Waals surface area (Å²) < 4.78 is 19.8. The lowest BCUT2D eigenvalue weighted by Gasteiger charge is -2.15. The van der Waals surface area contributed by atoms with Crippen LogP contribution in [0.2, 0.25) is 0 Å². The second kappa shape index (κ2) is 6.41. The number of fused-ring (bicyclic) bond motifs is 1. The van der Waals surface area contributed by atoms with Crippen molar-refractivity contribution in [2.75, 3.05) is 6.54 Å². The first-order valence-corrected chi connectivity index (χ1v) is 8.02. The predicted octanol–water partition coefficient (Wildman–Crippen LogP) is 4.92. The van der Waals surface area contributed by atoms with Gasteiger partial charge in [-0.25, -0.2) is 4.39 Å². The Hall–Kier alpha value is -1.65. The second-order valence-corrected chi connectivity index (χ2v) is 6.24. The summed E-state index contributed by atoms with van der Waals surface area (Å²) in [6.45, 7) is 3.10. The zero-order chi connectivity index (χ0) is 14.7. The van der Waals surface area contributed by atoms with Gasteiger partial charge in [-0.2, -0.15) is 0 Å². The number of thiophene rings is 1. The molecule has 1 aromatic carbocycles. The van der Waals surface area contributed by atoms with Crippen molar-refractivity contribution in [3.63, 3.8) is 0 Å². The van der Waals surface area contributed by atoms with Gasteiger partial charge in [0.2, 0.25) is 0 Å². The minimum Gasteiger partial charge on any atom is -0.469 e. The average Bonchev–Trinajstić information content (AvgIpc) is 3.11. The molecule has 0 amide bonds. The normalized spacial score (nSPS) is 12.9. The molecule has 0 aliphatic carbocycles. The van der Waals surface area contributed by atoms with Gasteiger partial charge in [0.1, 0.15) is 11.6 Å². The molecule has 3 rings (SSSR count). The zero-order valence-corrected chi connectivity index (χ0v) is 12.8. The molecule has 0 aliphatic heterocycles. The fraction of sp³-hybridized carbons (Fsp3) is 0.294. The highest BCUT2D eigenvalue weighted by atomic mass is 32.1. The maximum absolute atomic E-state index is 13.3.